The van der Waals surface area contributed by atoms with Crippen LogP contribution in [0.25, 0.3) is 0 Å². The minimum absolute atomic E-state index is 0.0488. The van der Waals surface area contributed by atoms with Crippen LogP contribution in [0.3, 0.4) is 0 Å². The number of allylic oxidation sites excluding steroid dienone is 1. The second-order valence-electron chi connectivity index (χ2n) is 6.02. The first-order valence-electron chi connectivity index (χ1n) is 8.81. The SMILES string of the molecule is C=CCn1c(CNC(=O)c2ccco2)nnc1SCC(=O)Nc1ccc(F)c(F)c1F. The van der Waals surface area contributed by atoms with Crippen molar-refractivity contribution in [1.82, 2.24) is 20.1 Å². The molecule has 0 aliphatic carbocycles. The molecule has 0 aliphatic heterocycles. The number of aromatic nitrogens is 3. The molecular formula is C19H16F3N5O3S. The van der Waals surface area contributed by atoms with Crippen LogP contribution in [0.4, 0.5) is 18.9 Å². The van der Waals surface area contributed by atoms with E-state index in [1.54, 1.807) is 16.7 Å². The summed E-state index contributed by atoms with van der Waals surface area (Å²) in [4.78, 5) is 24.1. The van der Waals surface area contributed by atoms with Gasteiger partial charge in [0.2, 0.25) is 5.91 Å². The fourth-order valence-electron chi connectivity index (χ4n) is 2.46. The highest BCUT2D eigenvalue weighted by molar-refractivity contribution is 7.99. The van der Waals surface area contributed by atoms with E-state index in [0.717, 1.165) is 17.8 Å². The molecule has 1 aromatic carbocycles. The molecule has 0 unspecified atom stereocenters. The van der Waals surface area contributed by atoms with Crippen LogP contribution in [-0.4, -0.2) is 32.3 Å². The van der Waals surface area contributed by atoms with Gasteiger partial charge in [-0.1, -0.05) is 17.8 Å². The van der Waals surface area contributed by atoms with E-state index in [0.29, 0.717) is 23.6 Å². The number of nitrogens with one attached hydrogen (secondary N) is 2. The number of anilines is 1. The van der Waals surface area contributed by atoms with Crippen molar-refractivity contribution in [1.29, 1.82) is 0 Å². The van der Waals surface area contributed by atoms with Crippen LogP contribution in [0.15, 0.2) is 52.8 Å². The Kier molecular flexibility index (Phi) is 7.13. The van der Waals surface area contributed by atoms with E-state index in [-0.39, 0.29) is 18.1 Å². The molecule has 0 bridgehead atoms. The number of benzene rings is 1. The van der Waals surface area contributed by atoms with Gasteiger partial charge in [-0.2, -0.15) is 0 Å². The van der Waals surface area contributed by atoms with E-state index in [2.05, 4.69) is 27.4 Å². The van der Waals surface area contributed by atoms with Gasteiger partial charge < -0.3 is 19.6 Å². The predicted molar refractivity (Wildman–Crippen MR) is 106 cm³/mol. The van der Waals surface area contributed by atoms with E-state index in [4.69, 9.17) is 4.42 Å². The molecule has 12 heteroatoms. The van der Waals surface area contributed by atoms with Crippen molar-refractivity contribution in [2.75, 3.05) is 11.1 Å². The predicted octanol–water partition coefficient (Wildman–Crippen LogP) is 3.14. The van der Waals surface area contributed by atoms with Gasteiger partial charge in [0.25, 0.3) is 5.91 Å². The van der Waals surface area contributed by atoms with Crippen LogP contribution in [0.2, 0.25) is 0 Å². The van der Waals surface area contributed by atoms with Crippen LogP contribution in [-0.2, 0) is 17.9 Å². The van der Waals surface area contributed by atoms with E-state index in [1.807, 2.05) is 0 Å². The summed E-state index contributed by atoms with van der Waals surface area (Å²) in [6, 6.07) is 4.74. The molecule has 2 N–H and O–H groups in total. The van der Waals surface area contributed by atoms with E-state index < -0.39 is 35.0 Å². The third-order valence-corrected chi connectivity index (χ3v) is 4.87. The normalized spacial score (nSPS) is 10.7. The van der Waals surface area contributed by atoms with Gasteiger partial charge in [0, 0.05) is 6.54 Å². The Morgan fingerprint density at radius 2 is 2.00 bits per heavy atom. The van der Waals surface area contributed by atoms with Crippen molar-refractivity contribution in [3.8, 4) is 0 Å². The van der Waals surface area contributed by atoms with Gasteiger partial charge in [-0.25, -0.2) is 13.2 Å². The summed E-state index contributed by atoms with van der Waals surface area (Å²) in [5.74, 6) is -5.24. The van der Waals surface area contributed by atoms with Gasteiger partial charge in [0.05, 0.1) is 24.2 Å². The van der Waals surface area contributed by atoms with Crippen LogP contribution in [0.1, 0.15) is 16.4 Å². The second-order valence-corrected chi connectivity index (χ2v) is 6.96. The summed E-state index contributed by atoms with van der Waals surface area (Å²) < 4.78 is 46.6. The zero-order valence-electron chi connectivity index (χ0n) is 15.9. The van der Waals surface area contributed by atoms with Crippen molar-refractivity contribution in [2.45, 2.75) is 18.2 Å². The van der Waals surface area contributed by atoms with Gasteiger partial charge >= 0.3 is 0 Å². The molecular weight excluding hydrogens is 435 g/mol. The number of rotatable bonds is 9. The van der Waals surface area contributed by atoms with Crippen LogP contribution in [0.5, 0.6) is 0 Å². The maximum Gasteiger partial charge on any atom is 0.287 e. The highest BCUT2D eigenvalue weighted by Gasteiger charge is 2.18. The fraction of sp³-hybridized carbons (Fsp3) is 0.158. The molecule has 0 saturated heterocycles. The highest BCUT2D eigenvalue weighted by atomic mass is 32.2. The molecule has 162 valence electrons. The quantitative estimate of drug-likeness (QED) is 0.294. The number of nitrogens with zero attached hydrogens (tertiary/aromatic N) is 3. The Morgan fingerprint density at radius 3 is 2.71 bits per heavy atom. The summed E-state index contributed by atoms with van der Waals surface area (Å²) in [6.45, 7) is 4.01. The largest absolute Gasteiger partial charge is 0.459 e. The number of halogens is 3. The first kappa shape index (κ1) is 22.2. The lowest BCUT2D eigenvalue weighted by molar-refractivity contribution is -0.113. The van der Waals surface area contributed by atoms with Crippen molar-refractivity contribution in [3.05, 3.63) is 72.2 Å². The molecule has 0 atom stereocenters. The summed E-state index contributed by atoms with van der Waals surface area (Å²) in [5, 5.41) is 13.2. The van der Waals surface area contributed by atoms with Crippen LogP contribution in [0, 0.1) is 17.5 Å². The molecule has 3 rings (SSSR count). The maximum atomic E-state index is 13.7. The molecule has 8 nitrogen and oxygen atoms in total. The third kappa shape index (κ3) is 5.34. The van der Waals surface area contributed by atoms with Crippen molar-refractivity contribution in [3.63, 3.8) is 0 Å². The molecule has 2 amide bonds. The number of hydrogen-bond acceptors (Lipinski definition) is 6. The molecule has 2 heterocycles. The lowest BCUT2D eigenvalue weighted by Crippen LogP contribution is -2.24. The number of carbonyl (C=O) groups excluding carboxylic acids is 2. The molecule has 2 aromatic heterocycles. The van der Waals surface area contributed by atoms with Gasteiger partial charge in [-0.3, -0.25) is 9.59 Å². The molecule has 0 fully saturated rings. The summed E-state index contributed by atoms with van der Waals surface area (Å²) in [6.07, 6.45) is 2.96. The third-order valence-electron chi connectivity index (χ3n) is 3.90. The fourth-order valence-corrected chi connectivity index (χ4v) is 3.23. The van der Waals surface area contributed by atoms with Crippen LogP contribution >= 0.6 is 11.8 Å². The first-order chi connectivity index (χ1) is 14.9. The number of furan rings is 1. The molecule has 0 spiro atoms. The number of hydrogen-bond donors (Lipinski definition) is 2. The van der Waals surface area contributed by atoms with Gasteiger partial charge in [-0.05, 0) is 24.3 Å². The van der Waals surface area contributed by atoms with Crippen molar-refractivity contribution in [2.24, 2.45) is 0 Å². The van der Waals surface area contributed by atoms with E-state index in [9.17, 15) is 22.8 Å². The summed E-state index contributed by atoms with van der Waals surface area (Å²) in [5.41, 5.74) is -0.474. The topological polar surface area (TPSA) is 102 Å². The van der Waals surface area contributed by atoms with E-state index >= 15 is 0 Å². The minimum atomic E-state index is -1.67. The second kappa shape index (κ2) is 9.98. The molecule has 31 heavy (non-hydrogen) atoms. The monoisotopic (exact) mass is 451 g/mol. The average Bonchev–Trinajstić information content (AvgIpc) is 3.42. The Balaban J connectivity index is 1.62. The van der Waals surface area contributed by atoms with Gasteiger partial charge in [0.1, 0.15) is 0 Å². The Labute approximate surface area is 178 Å². The minimum Gasteiger partial charge on any atom is -0.459 e. The highest BCUT2D eigenvalue weighted by Crippen LogP contribution is 2.21. The van der Waals surface area contributed by atoms with Crippen molar-refractivity contribution < 1.29 is 27.2 Å². The Bertz CT molecular complexity index is 1100. The summed E-state index contributed by atoms with van der Waals surface area (Å²) in [7, 11) is 0. The van der Waals surface area contributed by atoms with Crippen molar-refractivity contribution >= 4 is 29.3 Å². The molecule has 0 aliphatic rings. The molecule has 0 saturated carbocycles. The Morgan fingerprint density at radius 1 is 1.19 bits per heavy atom. The average molecular weight is 451 g/mol. The molecule has 0 radical (unpaired) electrons. The smallest absolute Gasteiger partial charge is 0.287 e. The Hall–Kier alpha value is -3.54. The lowest BCUT2D eigenvalue weighted by Gasteiger charge is -2.09. The first-order valence-corrected chi connectivity index (χ1v) is 9.80. The standard InChI is InChI=1S/C19H16F3N5O3S/c1-2-7-27-14(9-23-18(29)13-4-3-8-30-13)25-26-19(27)31-10-15(28)24-12-6-5-11(20)16(21)17(12)22/h2-6,8H,1,7,9-10H2,(H,23,29)(H,24,28). The number of carbonyl (C=O) groups is 2. The van der Waals surface area contributed by atoms with Crippen LogP contribution < -0.4 is 10.6 Å². The number of amides is 2. The maximum absolute atomic E-state index is 13.7. The zero-order valence-corrected chi connectivity index (χ0v) is 16.7. The van der Waals surface area contributed by atoms with Gasteiger partial charge in [0.15, 0.2) is 34.2 Å². The van der Waals surface area contributed by atoms with Gasteiger partial charge in [-0.15, -0.1) is 16.8 Å². The lowest BCUT2D eigenvalue weighted by atomic mass is 10.3. The molecule has 3 aromatic rings. The number of thioether (sulfide) groups is 1. The summed E-state index contributed by atoms with van der Waals surface area (Å²) >= 11 is 0.988. The van der Waals surface area contributed by atoms with E-state index in [1.165, 1.54) is 12.3 Å². The zero-order chi connectivity index (χ0) is 22.4.